The van der Waals surface area contributed by atoms with Crippen LogP contribution >= 0.6 is 0 Å². The molecule has 1 heterocycles. The van der Waals surface area contributed by atoms with E-state index in [-0.39, 0.29) is 11.9 Å². The predicted octanol–water partition coefficient (Wildman–Crippen LogP) is 2.26. The Hall–Kier alpha value is -1.49. The molecule has 0 radical (unpaired) electrons. The predicted molar refractivity (Wildman–Crippen MR) is 82.7 cm³/mol. The third kappa shape index (κ3) is 4.24. The van der Waals surface area contributed by atoms with Gasteiger partial charge in [0.1, 0.15) is 6.33 Å². The number of aromatic nitrogens is 2. The highest BCUT2D eigenvalue weighted by molar-refractivity contribution is 5.78. The Balaban J connectivity index is 1.89. The van der Waals surface area contributed by atoms with Gasteiger partial charge in [0.15, 0.2) is 0 Å². The molecule has 1 aromatic heterocycles. The van der Waals surface area contributed by atoms with Crippen molar-refractivity contribution >= 4 is 5.91 Å². The number of amides is 1. The van der Waals surface area contributed by atoms with Crippen LogP contribution < -0.4 is 0 Å². The van der Waals surface area contributed by atoms with Gasteiger partial charge in [0.2, 0.25) is 5.91 Å². The summed E-state index contributed by atoms with van der Waals surface area (Å²) in [6, 6.07) is 2.43. The van der Waals surface area contributed by atoms with Crippen LogP contribution in [0.1, 0.15) is 50.8 Å². The monoisotopic (exact) mass is 290 g/mol. The summed E-state index contributed by atoms with van der Waals surface area (Å²) in [6.45, 7) is 2.49. The molecule has 21 heavy (non-hydrogen) atoms. The molecule has 1 aliphatic rings. The number of likely N-dealkylation sites (N-methyl/N-ethyl adjacent to an activating group) is 2. The molecule has 2 rings (SSSR count). The van der Waals surface area contributed by atoms with Gasteiger partial charge in [0.25, 0.3) is 0 Å². The normalized spacial score (nSPS) is 17.7. The Labute approximate surface area is 127 Å². The first-order valence-electron chi connectivity index (χ1n) is 7.81. The number of hydrogen-bond donors (Lipinski definition) is 0. The maximum Gasteiger partial charge on any atom is 0.236 e. The lowest BCUT2D eigenvalue weighted by Crippen LogP contribution is -2.43. The molecule has 1 amide bonds. The van der Waals surface area contributed by atoms with Crippen molar-refractivity contribution in [3.8, 4) is 0 Å². The highest BCUT2D eigenvalue weighted by Crippen LogP contribution is 2.22. The zero-order valence-electron chi connectivity index (χ0n) is 13.3. The standard InChI is InChI=1S/C16H26N4O/c1-13(15-9-10-17-12-18-15)19(2)11-16(21)20(3)14-7-5-4-6-8-14/h9-10,12-14H,4-8,11H2,1-3H3/t13-/m0/s1. The molecule has 0 aromatic carbocycles. The summed E-state index contributed by atoms with van der Waals surface area (Å²) in [5.74, 6) is 0.199. The Bertz CT molecular complexity index is 445. The summed E-state index contributed by atoms with van der Waals surface area (Å²) in [5, 5.41) is 0. The van der Waals surface area contributed by atoms with Crippen LogP contribution in [0.4, 0.5) is 0 Å². The number of hydrogen-bond acceptors (Lipinski definition) is 4. The van der Waals surface area contributed by atoms with E-state index >= 15 is 0 Å². The van der Waals surface area contributed by atoms with Crippen LogP contribution in [0.2, 0.25) is 0 Å². The summed E-state index contributed by atoms with van der Waals surface area (Å²) < 4.78 is 0. The van der Waals surface area contributed by atoms with Crippen LogP contribution in [-0.4, -0.2) is 52.4 Å². The SMILES string of the molecule is C[C@@H](c1ccncn1)N(C)CC(=O)N(C)C1CCCCC1. The molecule has 5 nitrogen and oxygen atoms in total. The molecule has 0 bridgehead atoms. The first kappa shape index (κ1) is 15.9. The van der Waals surface area contributed by atoms with E-state index in [0.717, 1.165) is 18.5 Å². The largest absolute Gasteiger partial charge is 0.342 e. The van der Waals surface area contributed by atoms with Gasteiger partial charge in [0, 0.05) is 25.3 Å². The van der Waals surface area contributed by atoms with Gasteiger partial charge in [-0.2, -0.15) is 0 Å². The van der Waals surface area contributed by atoms with Gasteiger partial charge in [-0.25, -0.2) is 9.97 Å². The van der Waals surface area contributed by atoms with E-state index in [2.05, 4.69) is 16.9 Å². The van der Waals surface area contributed by atoms with Crippen LogP contribution in [-0.2, 0) is 4.79 Å². The molecule has 1 atom stereocenters. The van der Waals surface area contributed by atoms with E-state index in [1.54, 1.807) is 12.5 Å². The van der Waals surface area contributed by atoms with Crippen molar-refractivity contribution in [3.63, 3.8) is 0 Å². The van der Waals surface area contributed by atoms with Crippen molar-refractivity contribution in [2.75, 3.05) is 20.6 Å². The second-order valence-corrected chi connectivity index (χ2v) is 6.02. The third-order valence-electron chi connectivity index (χ3n) is 4.59. The van der Waals surface area contributed by atoms with Crippen LogP contribution in [0.15, 0.2) is 18.6 Å². The van der Waals surface area contributed by atoms with Gasteiger partial charge < -0.3 is 4.90 Å². The molecule has 0 aliphatic heterocycles. The summed E-state index contributed by atoms with van der Waals surface area (Å²) in [6.07, 6.45) is 9.38. The lowest BCUT2D eigenvalue weighted by atomic mass is 9.94. The molecule has 5 heteroatoms. The van der Waals surface area contributed by atoms with Crippen LogP contribution in [0.5, 0.6) is 0 Å². The average molecular weight is 290 g/mol. The molecular weight excluding hydrogens is 264 g/mol. The molecule has 1 fully saturated rings. The summed E-state index contributed by atoms with van der Waals surface area (Å²) >= 11 is 0. The van der Waals surface area contributed by atoms with Gasteiger partial charge in [-0.1, -0.05) is 19.3 Å². The highest BCUT2D eigenvalue weighted by atomic mass is 16.2. The van der Waals surface area contributed by atoms with Crippen molar-refractivity contribution in [1.29, 1.82) is 0 Å². The van der Waals surface area contributed by atoms with Crippen LogP contribution in [0, 0.1) is 0 Å². The fourth-order valence-electron chi connectivity index (χ4n) is 2.91. The minimum atomic E-state index is 0.108. The molecule has 116 valence electrons. The maximum absolute atomic E-state index is 12.4. The fraction of sp³-hybridized carbons (Fsp3) is 0.688. The first-order valence-corrected chi connectivity index (χ1v) is 7.81. The zero-order valence-corrected chi connectivity index (χ0v) is 13.3. The van der Waals surface area contributed by atoms with E-state index < -0.39 is 0 Å². The maximum atomic E-state index is 12.4. The minimum absolute atomic E-state index is 0.108. The lowest BCUT2D eigenvalue weighted by Gasteiger charge is -2.33. The van der Waals surface area contributed by atoms with Gasteiger partial charge in [-0.15, -0.1) is 0 Å². The molecule has 1 aromatic rings. The quantitative estimate of drug-likeness (QED) is 0.834. The van der Waals surface area contributed by atoms with Gasteiger partial charge in [0.05, 0.1) is 12.2 Å². The Morgan fingerprint density at radius 2 is 2.05 bits per heavy atom. The third-order valence-corrected chi connectivity index (χ3v) is 4.59. The van der Waals surface area contributed by atoms with E-state index in [1.165, 1.54) is 19.3 Å². The number of nitrogens with zero attached hydrogens (tertiary/aromatic N) is 4. The smallest absolute Gasteiger partial charge is 0.236 e. The highest BCUT2D eigenvalue weighted by Gasteiger charge is 2.24. The van der Waals surface area contributed by atoms with E-state index in [4.69, 9.17) is 0 Å². The molecule has 1 aliphatic carbocycles. The molecular formula is C16H26N4O. The molecule has 0 spiro atoms. The van der Waals surface area contributed by atoms with E-state index in [9.17, 15) is 4.79 Å². The van der Waals surface area contributed by atoms with E-state index in [1.807, 2.05) is 30.0 Å². The molecule has 1 saturated carbocycles. The Morgan fingerprint density at radius 3 is 2.67 bits per heavy atom. The molecule has 0 unspecified atom stereocenters. The van der Waals surface area contributed by atoms with Crippen molar-refractivity contribution in [2.45, 2.75) is 51.1 Å². The van der Waals surface area contributed by atoms with Gasteiger partial charge >= 0.3 is 0 Å². The van der Waals surface area contributed by atoms with Crippen molar-refractivity contribution in [2.24, 2.45) is 0 Å². The Kier molecular flexibility index (Phi) is 5.67. The van der Waals surface area contributed by atoms with E-state index in [0.29, 0.717) is 12.6 Å². The number of carbonyl (C=O) groups excluding carboxylic acids is 1. The summed E-state index contributed by atoms with van der Waals surface area (Å²) in [7, 11) is 3.92. The Morgan fingerprint density at radius 1 is 1.33 bits per heavy atom. The topological polar surface area (TPSA) is 49.3 Å². The fourth-order valence-corrected chi connectivity index (χ4v) is 2.91. The number of carbonyl (C=O) groups is 1. The van der Waals surface area contributed by atoms with Crippen molar-refractivity contribution < 1.29 is 4.79 Å². The van der Waals surface area contributed by atoms with Crippen molar-refractivity contribution in [3.05, 3.63) is 24.3 Å². The summed E-state index contributed by atoms with van der Waals surface area (Å²) in [4.78, 5) is 24.6. The lowest BCUT2D eigenvalue weighted by molar-refractivity contribution is -0.134. The minimum Gasteiger partial charge on any atom is -0.342 e. The van der Waals surface area contributed by atoms with Crippen LogP contribution in [0.25, 0.3) is 0 Å². The second-order valence-electron chi connectivity index (χ2n) is 6.02. The molecule has 0 N–H and O–H groups in total. The van der Waals surface area contributed by atoms with Crippen LogP contribution in [0.3, 0.4) is 0 Å². The second kappa shape index (κ2) is 7.50. The van der Waals surface area contributed by atoms with Crippen molar-refractivity contribution in [1.82, 2.24) is 19.8 Å². The summed E-state index contributed by atoms with van der Waals surface area (Å²) in [5.41, 5.74) is 0.945. The van der Waals surface area contributed by atoms with Gasteiger partial charge in [-0.3, -0.25) is 9.69 Å². The average Bonchev–Trinajstić information content (AvgIpc) is 2.55. The number of rotatable bonds is 5. The zero-order chi connectivity index (χ0) is 15.2. The molecule has 0 saturated heterocycles. The van der Waals surface area contributed by atoms with Gasteiger partial charge in [-0.05, 0) is 32.9 Å². The first-order chi connectivity index (χ1) is 10.1.